The lowest BCUT2D eigenvalue weighted by Crippen LogP contribution is -2.43. The lowest BCUT2D eigenvalue weighted by molar-refractivity contribution is -0.385. The molecule has 1 aliphatic rings. The molecule has 0 aliphatic heterocycles. The SMILES string of the molecule is O=Cc1cc(OCCCCCCC(=O)N(CCO)C2CCCCC2)ccc1[N+](=O)[O-]. The molecule has 2 rings (SSSR count). The van der Waals surface area contributed by atoms with Crippen molar-refractivity contribution in [2.45, 2.75) is 70.3 Å². The number of benzene rings is 1. The Morgan fingerprint density at radius 3 is 2.60 bits per heavy atom. The van der Waals surface area contributed by atoms with Gasteiger partial charge in [0.1, 0.15) is 5.75 Å². The van der Waals surface area contributed by atoms with E-state index >= 15 is 0 Å². The van der Waals surface area contributed by atoms with Crippen molar-refractivity contribution >= 4 is 17.9 Å². The Hall–Kier alpha value is -2.48. The number of rotatable bonds is 13. The topological polar surface area (TPSA) is 110 Å². The molecule has 1 amide bonds. The van der Waals surface area contributed by atoms with Crippen molar-refractivity contribution in [2.24, 2.45) is 0 Å². The Balaban J connectivity index is 1.64. The molecule has 1 fully saturated rings. The molecule has 1 saturated carbocycles. The molecule has 0 spiro atoms. The molecule has 0 aromatic heterocycles. The number of aliphatic hydroxyl groups excluding tert-OH is 1. The van der Waals surface area contributed by atoms with Crippen LogP contribution in [0.1, 0.15) is 74.6 Å². The second kappa shape index (κ2) is 13.0. The first kappa shape index (κ1) is 23.8. The summed E-state index contributed by atoms with van der Waals surface area (Å²) in [5.41, 5.74) is -0.230. The summed E-state index contributed by atoms with van der Waals surface area (Å²) >= 11 is 0. The van der Waals surface area contributed by atoms with Crippen LogP contribution in [-0.2, 0) is 4.79 Å². The van der Waals surface area contributed by atoms with Crippen LogP contribution in [-0.4, -0.2) is 52.9 Å². The summed E-state index contributed by atoms with van der Waals surface area (Å²) < 4.78 is 5.58. The molecular formula is C22H32N2O6. The third-order valence-electron chi connectivity index (χ3n) is 5.55. The van der Waals surface area contributed by atoms with Gasteiger partial charge in [-0.2, -0.15) is 0 Å². The number of amides is 1. The summed E-state index contributed by atoms with van der Waals surface area (Å²) in [6, 6.07) is 4.43. The van der Waals surface area contributed by atoms with Crippen molar-refractivity contribution < 1.29 is 24.4 Å². The molecular weight excluding hydrogens is 388 g/mol. The highest BCUT2D eigenvalue weighted by molar-refractivity contribution is 5.82. The van der Waals surface area contributed by atoms with E-state index in [0.29, 0.717) is 31.6 Å². The third-order valence-corrected chi connectivity index (χ3v) is 5.55. The van der Waals surface area contributed by atoms with Gasteiger partial charge in [-0.15, -0.1) is 0 Å². The highest BCUT2D eigenvalue weighted by Gasteiger charge is 2.24. The number of aldehydes is 1. The molecule has 8 nitrogen and oxygen atoms in total. The van der Waals surface area contributed by atoms with Crippen molar-refractivity contribution in [1.29, 1.82) is 0 Å². The standard InChI is InChI=1S/C22H32N2O6/c25-14-13-23(19-8-4-3-5-9-19)22(27)10-6-1-2-7-15-30-20-11-12-21(24(28)29)18(16-20)17-26/h11-12,16-17,19,25H,1-10,13-15H2. The van der Waals surface area contributed by atoms with E-state index in [-0.39, 0.29) is 29.8 Å². The van der Waals surface area contributed by atoms with E-state index in [1.54, 1.807) is 0 Å². The molecule has 0 heterocycles. The molecule has 0 atom stereocenters. The zero-order chi connectivity index (χ0) is 21.8. The average molecular weight is 421 g/mol. The first-order chi connectivity index (χ1) is 14.6. The number of hydrogen-bond acceptors (Lipinski definition) is 6. The van der Waals surface area contributed by atoms with Crippen LogP contribution in [0.15, 0.2) is 18.2 Å². The maximum absolute atomic E-state index is 12.6. The van der Waals surface area contributed by atoms with Crippen LogP contribution < -0.4 is 4.74 Å². The fourth-order valence-corrected chi connectivity index (χ4v) is 3.96. The van der Waals surface area contributed by atoms with Gasteiger partial charge in [-0.05, 0) is 37.8 Å². The Kier molecular flexibility index (Phi) is 10.3. The number of carbonyl (C=O) groups excluding carboxylic acids is 2. The van der Waals surface area contributed by atoms with Crippen LogP contribution in [0, 0.1) is 10.1 Å². The number of nitro groups is 1. The lowest BCUT2D eigenvalue weighted by atomic mass is 9.94. The molecule has 0 unspecified atom stereocenters. The summed E-state index contributed by atoms with van der Waals surface area (Å²) in [6.45, 7) is 0.881. The van der Waals surface area contributed by atoms with Crippen LogP contribution in [0.5, 0.6) is 5.75 Å². The van der Waals surface area contributed by atoms with E-state index in [4.69, 9.17) is 4.74 Å². The number of aliphatic hydroxyl groups is 1. The number of ether oxygens (including phenoxy) is 1. The van der Waals surface area contributed by atoms with Crippen LogP contribution in [0.4, 0.5) is 5.69 Å². The summed E-state index contributed by atoms with van der Waals surface area (Å²) in [5, 5.41) is 20.1. The van der Waals surface area contributed by atoms with E-state index in [1.807, 2.05) is 4.90 Å². The highest BCUT2D eigenvalue weighted by Crippen LogP contribution is 2.24. The monoisotopic (exact) mass is 420 g/mol. The molecule has 1 aromatic rings. The van der Waals surface area contributed by atoms with Crippen LogP contribution in [0.25, 0.3) is 0 Å². The smallest absolute Gasteiger partial charge is 0.280 e. The second-order valence-corrected chi connectivity index (χ2v) is 7.71. The zero-order valence-corrected chi connectivity index (χ0v) is 17.5. The molecule has 1 aromatic carbocycles. The van der Waals surface area contributed by atoms with Gasteiger partial charge in [0.15, 0.2) is 6.29 Å². The van der Waals surface area contributed by atoms with Gasteiger partial charge in [0.05, 0.1) is 23.7 Å². The number of nitrogens with zero attached hydrogens (tertiary/aromatic N) is 2. The molecule has 0 bridgehead atoms. The Labute approximate surface area is 177 Å². The van der Waals surface area contributed by atoms with Crippen LogP contribution >= 0.6 is 0 Å². The number of carbonyl (C=O) groups is 2. The van der Waals surface area contributed by atoms with Gasteiger partial charge in [-0.25, -0.2) is 0 Å². The van der Waals surface area contributed by atoms with Crippen molar-refractivity contribution in [2.75, 3.05) is 19.8 Å². The highest BCUT2D eigenvalue weighted by atomic mass is 16.6. The number of unbranched alkanes of at least 4 members (excludes halogenated alkanes) is 3. The number of nitro benzene ring substituents is 1. The van der Waals surface area contributed by atoms with E-state index in [1.165, 1.54) is 24.6 Å². The van der Waals surface area contributed by atoms with Gasteiger partial charge in [-0.1, -0.05) is 32.1 Å². The zero-order valence-electron chi connectivity index (χ0n) is 17.5. The normalized spacial score (nSPS) is 14.3. The van der Waals surface area contributed by atoms with Crippen LogP contribution in [0.3, 0.4) is 0 Å². The Bertz CT molecular complexity index is 703. The fourth-order valence-electron chi connectivity index (χ4n) is 3.96. The largest absolute Gasteiger partial charge is 0.494 e. The van der Waals surface area contributed by atoms with Crippen molar-refractivity contribution in [3.05, 3.63) is 33.9 Å². The minimum absolute atomic E-state index is 0.00131. The van der Waals surface area contributed by atoms with E-state index in [2.05, 4.69) is 0 Å². The van der Waals surface area contributed by atoms with Gasteiger partial charge < -0.3 is 14.7 Å². The van der Waals surface area contributed by atoms with Gasteiger partial charge in [0, 0.05) is 25.1 Å². The first-order valence-electron chi connectivity index (χ1n) is 10.8. The van der Waals surface area contributed by atoms with Gasteiger partial charge in [0.25, 0.3) is 5.69 Å². The minimum Gasteiger partial charge on any atom is -0.494 e. The molecule has 30 heavy (non-hydrogen) atoms. The average Bonchev–Trinajstić information content (AvgIpc) is 2.76. The summed E-state index contributed by atoms with van der Waals surface area (Å²) in [4.78, 5) is 35.6. The van der Waals surface area contributed by atoms with Gasteiger partial charge >= 0.3 is 0 Å². The van der Waals surface area contributed by atoms with E-state index in [0.717, 1.165) is 51.4 Å². The predicted octanol–water partition coefficient (Wildman–Crippen LogP) is 3.89. The quantitative estimate of drug-likeness (QED) is 0.224. The second-order valence-electron chi connectivity index (χ2n) is 7.71. The molecule has 1 N–H and O–H groups in total. The first-order valence-corrected chi connectivity index (χ1v) is 10.8. The maximum Gasteiger partial charge on any atom is 0.280 e. The molecule has 1 aliphatic carbocycles. The van der Waals surface area contributed by atoms with Gasteiger partial charge in [-0.3, -0.25) is 19.7 Å². The summed E-state index contributed by atoms with van der Waals surface area (Å²) in [7, 11) is 0. The minimum atomic E-state index is -0.592. The van der Waals surface area contributed by atoms with Crippen LogP contribution in [0.2, 0.25) is 0 Å². The van der Waals surface area contributed by atoms with Crippen molar-refractivity contribution in [3.8, 4) is 5.75 Å². The summed E-state index contributed by atoms with van der Waals surface area (Å²) in [6.07, 6.45) is 10.00. The fraction of sp³-hybridized carbons (Fsp3) is 0.636. The number of hydrogen-bond donors (Lipinski definition) is 1. The molecule has 8 heteroatoms. The Morgan fingerprint density at radius 2 is 1.93 bits per heavy atom. The maximum atomic E-state index is 12.6. The molecule has 0 saturated heterocycles. The molecule has 166 valence electrons. The van der Waals surface area contributed by atoms with Crippen molar-refractivity contribution in [1.82, 2.24) is 4.90 Å². The lowest BCUT2D eigenvalue weighted by Gasteiger charge is -2.34. The molecule has 0 radical (unpaired) electrons. The Morgan fingerprint density at radius 1 is 1.20 bits per heavy atom. The third kappa shape index (κ3) is 7.40. The van der Waals surface area contributed by atoms with E-state index < -0.39 is 4.92 Å². The predicted molar refractivity (Wildman–Crippen MR) is 113 cm³/mol. The van der Waals surface area contributed by atoms with Gasteiger partial charge in [0.2, 0.25) is 5.91 Å². The van der Waals surface area contributed by atoms with E-state index in [9.17, 15) is 24.8 Å². The van der Waals surface area contributed by atoms with Crippen molar-refractivity contribution in [3.63, 3.8) is 0 Å². The summed E-state index contributed by atoms with van der Waals surface area (Å²) in [5.74, 6) is 0.574.